The van der Waals surface area contributed by atoms with Gasteiger partial charge in [-0.3, -0.25) is 0 Å². The summed E-state index contributed by atoms with van der Waals surface area (Å²) in [4.78, 5) is 21.5. The summed E-state index contributed by atoms with van der Waals surface area (Å²) in [6.07, 6.45) is 2.48. The molecule has 16 heavy (non-hydrogen) atoms. The molecule has 0 saturated heterocycles. The lowest BCUT2D eigenvalue weighted by molar-refractivity contribution is -0.256. The molecular weight excluding hydrogens is 208 g/mol. The smallest absolute Gasteiger partial charge is 0.0721 e. The van der Waals surface area contributed by atoms with Crippen LogP contribution < -0.4 is 10.2 Å². The monoisotopic (exact) mass is 216 g/mol. The van der Waals surface area contributed by atoms with E-state index in [0.717, 1.165) is 0 Å². The van der Waals surface area contributed by atoms with Crippen molar-refractivity contribution in [3.63, 3.8) is 0 Å². The van der Waals surface area contributed by atoms with Crippen molar-refractivity contribution in [1.82, 2.24) is 0 Å². The minimum atomic E-state index is -1.40. The summed E-state index contributed by atoms with van der Waals surface area (Å²) in [6.45, 7) is 6.80. The summed E-state index contributed by atoms with van der Waals surface area (Å²) in [6, 6.07) is 2.34. The maximum atomic E-state index is 10.8. The number of rotatable bonds is 4. The van der Waals surface area contributed by atoms with Crippen molar-refractivity contribution in [2.24, 2.45) is 0 Å². The molecule has 4 nitrogen and oxygen atoms in total. The molecule has 0 aliphatic carbocycles. The molecule has 82 valence electrons. The molecule has 0 heterocycles. The van der Waals surface area contributed by atoms with Crippen LogP contribution in [0.5, 0.6) is 0 Å². The average molecular weight is 216 g/mol. The van der Waals surface area contributed by atoms with Crippen molar-refractivity contribution in [2.75, 3.05) is 0 Å². The van der Waals surface area contributed by atoms with Gasteiger partial charge in [-0.2, -0.15) is 0 Å². The standard InChI is InChI=1S/C12H10O4/c1-3-7-5-10(12(15)16)8(4-2)6-9(7)11(13)14/h3-6H,1-2H2,(H,13,14)(H,15,16)/p-2. The zero-order chi connectivity index (χ0) is 12.3. The minimum absolute atomic E-state index is 0.130. The number of benzene rings is 1. The van der Waals surface area contributed by atoms with Crippen LogP contribution in [0.2, 0.25) is 0 Å². The first-order valence-corrected chi connectivity index (χ1v) is 4.37. The first kappa shape index (κ1) is 11.7. The number of carbonyl (C=O) groups excluding carboxylic acids is 2. The Labute approximate surface area is 92.2 Å². The fraction of sp³-hybridized carbons (Fsp3) is 0. The van der Waals surface area contributed by atoms with Crippen LogP contribution in [-0.4, -0.2) is 11.9 Å². The summed E-state index contributed by atoms with van der Waals surface area (Å²) in [5, 5.41) is 21.5. The molecule has 0 N–H and O–H groups in total. The molecule has 0 spiro atoms. The van der Waals surface area contributed by atoms with E-state index < -0.39 is 11.9 Å². The third-order valence-corrected chi connectivity index (χ3v) is 2.10. The molecule has 1 aromatic carbocycles. The van der Waals surface area contributed by atoms with E-state index in [1.165, 1.54) is 24.3 Å². The molecule has 0 aliphatic heterocycles. The molecule has 4 heteroatoms. The van der Waals surface area contributed by atoms with E-state index in [4.69, 9.17) is 0 Å². The number of aromatic carboxylic acids is 2. The Kier molecular flexibility index (Phi) is 3.25. The minimum Gasteiger partial charge on any atom is -0.545 e. The molecule has 0 radical (unpaired) electrons. The van der Waals surface area contributed by atoms with Gasteiger partial charge in [0, 0.05) is 11.1 Å². The largest absolute Gasteiger partial charge is 0.545 e. The first-order valence-electron chi connectivity index (χ1n) is 4.37. The van der Waals surface area contributed by atoms with Crippen molar-refractivity contribution in [3.8, 4) is 0 Å². The zero-order valence-corrected chi connectivity index (χ0v) is 8.36. The number of carbonyl (C=O) groups is 2. The quantitative estimate of drug-likeness (QED) is 0.692. The van der Waals surface area contributed by atoms with Gasteiger partial charge >= 0.3 is 0 Å². The number of hydrogen-bond donors (Lipinski definition) is 0. The van der Waals surface area contributed by atoms with E-state index in [2.05, 4.69) is 13.2 Å². The van der Waals surface area contributed by atoms with Crippen molar-refractivity contribution in [1.29, 1.82) is 0 Å². The van der Waals surface area contributed by atoms with Crippen molar-refractivity contribution >= 4 is 24.1 Å². The summed E-state index contributed by atoms with van der Waals surface area (Å²) in [5.41, 5.74) is 0.0828. The molecule has 0 fully saturated rings. The molecule has 0 amide bonds. The number of carboxylic acids is 2. The van der Waals surface area contributed by atoms with Gasteiger partial charge in [0.25, 0.3) is 0 Å². The second-order valence-corrected chi connectivity index (χ2v) is 3.01. The van der Waals surface area contributed by atoms with Gasteiger partial charge in [0.1, 0.15) is 0 Å². The molecule has 0 aliphatic rings. The van der Waals surface area contributed by atoms with Crippen LogP contribution in [0.1, 0.15) is 31.8 Å². The highest BCUT2D eigenvalue weighted by atomic mass is 16.4. The van der Waals surface area contributed by atoms with Crippen molar-refractivity contribution in [3.05, 3.63) is 47.5 Å². The zero-order valence-electron chi connectivity index (χ0n) is 8.36. The Morgan fingerprint density at radius 2 is 1.25 bits per heavy atom. The van der Waals surface area contributed by atoms with Gasteiger partial charge in [-0.25, -0.2) is 0 Å². The van der Waals surface area contributed by atoms with E-state index in [9.17, 15) is 19.8 Å². The van der Waals surface area contributed by atoms with E-state index in [1.54, 1.807) is 0 Å². The fourth-order valence-corrected chi connectivity index (χ4v) is 1.32. The van der Waals surface area contributed by atoms with Crippen LogP contribution in [0, 0.1) is 0 Å². The van der Waals surface area contributed by atoms with Gasteiger partial charge in [-0.1, -0.05) is 25.3 Å². The summed E-state index contributed by atoms with van der Waals surface area (Å²) in [5.74, 6) is -2.80. The lowest BCUT2D eigenvalue weighted by Gasteiger charge is -2.13. The predicted octanol–water partition coefficient (Wildman–Crippen LogP) is -0.300. The number of carboxylic acid groups (broad SMARTS) is 2. The molecule has 0 aromatic heterocycles. The maximum absolute atomic E-state index is 10.8. The summed E-state index contributed by atoms with van der Waals surface area (Å²) < 4.78 is 0. The normalized spacial score (nSPS) is 9.50. The highest BCUT2D eigenvalue weighted by molar-refractivity contribution is 5.97. The molecule has 0 atom stereocenters. The molecule has 1 rings (SSSR count). The lowest BCUT2D eigenvalue weighted by Crippen LogP contribution is -2.26. The summed E-state index contributed by atoms with van der Waals surface area (Å²) in [7, 11) is 0. The Morgan fingerprint density at radius 1 is 0.938 bits per heavy atom. The highest BCUT2D eigenvalue weighted by Gasteiger charge is 2.07. The second kappa shape index (κ2) is 4.44. The van der Waals surface area contributed by atoms with Gasteiger partial charge in [0.2, 0.25) is 0 Å². The molecule has 0 bridgehead atoms. The summed E-state index contributed by atoms with van der Waals surface area (Å²) >= 11 is 0. The number of hydrogen-bond acceptors (Lipinski definition) is 4. The third kappa shape index (κ3) is 2.00. The second-order valence-electron chi connectivity index (χ2n) is 3.01. The van der Waals surface area contributed by atoms with E-state index >= 15 is 0 Å². The van der Waals surface area contributed by atoms with Gasteiger partial charge in [-0.05, 0) is 23.3 Å². The van der Waals surface area contributed by atoms with Crippen LogP contribution in [-0.2, 0) is 0 Å². The van der Waals surface area contributed by atoms with Crippen LogP contribution in [0.4, 0.5) is 0 Å². The predicted molar refractivity (Wildman–Crippen MR) is 55.3 cm³/mol. The van der Waals surface area contributed by atoms with E-state index in [-0.39, 0.29) is 22.3 Å². The van der Waals surface area contributed by atoms with Crippen LogP contribution >= 0.6 is 0 Å². The first-order chi connectivity index (χ1) is 7.51. The molecule has 1 aromatic rings. The molecular formula is C12H8O4-2. The highest BCUT2D eigenvalue weighted by Crippen LogP contribution is 2.18. The SMILES string of the molecule is C=Cc1cc(C(=O)[O-])c(C=C)cc1C(=O)[O-]. The third-order valence-electron chi connectivity index (χ3n) is 2.10. The Bertz CT molecular complexity index is 440. The maximum Gasteiger partial charge on any atom is 0.0721 e. The topological polar surface area (TPSA) is 80.3 Å². The lowest BCUT2D eigenvalue weighted by atomic mass is 9.98. The van der Waals surface area contributed by atoms with Crippen LogP contribution in [0.15, 0.2) is 25.3 Å². The van der Waals surface area contributed by atoms with Gasteiger partial charge in [-0.15, -0.1) is 0 Å². The Morgan fingerprint density at radius 3 is 1.44 bits per heavy atom. The van der Waals surface area contributed by atoms with Gasteiger partial charge in [0.15, 0.2) is 0 Å². The van der Waals surface area contributed by atoms with Crippen LogP contribution in [0.25, 0.3) is 12.2 Å². The molecule has 0 saturated carbocycles. The average Bonchev–Trinajstić information content (AvgIpc) is 2.26. The van der Waals surface area contributed by atoms with E-state index in [1.807, 2.05) is 0 Å². The van der Waals surface area contributed by atoms with Crippen molar-refractivity contribution < 1.29 is 19.8 Å². The molecule has 0 unspecified atom stereocenters. The van der Waals surface area contributed by atoms with Gasteiger partial charge < -0.3 is 19.8 Å². The van der Waals surface area contributed by atoms with Crippen molar-refractivity contribution in [2.45, 2.75) is 0 Å². The van der Waals surface area contributed by atoms with Gasteiger partial charge in [0.05, 0.1) is 11.9 Å². The Hall–Kier alpha value is -2.36. The van der Waals surface area contributed by atoms with Crippen LogP contribution in [0.3, 0.4) is 0 Å². The Balaban J connectivity index is 3.58. The van der Waals surface area contributed by atoms with E-state index in [0.29, 0.717) is 0 Å². The fourth-order valence-electron chi connectivity index (χ4n) is 1.32.